The van der Waals surface area contributed by atoms with Crippen molar-refractivity contribution in [1.29, 1.82) is 5.26 Å². The number of thioether (sulfide) groups is 1. The number of hydrogen-bond acceptors (Lipinski definition) is 3. The predicted molar refractivity (Wildman–Crippen MR) is 72.2 cm³/mol. The van der Waals surface area contributed by atoms with E-state index in [4.69, 9.17) is 5.26 Å². The van der Waals surface area contributed by atoms with Crippen molar-refractivity contribution >= 4 is 32.9 Å². The average molecular weight is 298 g/mol. The van der Waals surface area contributed by atoms with E-state index in [1.54, 1.807) is 0 Å². The van der Waals surface area contributed by atoms with Gasteiger partial charge in [-0.05, 0) is 17.9 Å². The Morgan fingerprint density at radius 2 is 2.25 bits per heavy atom. The number of rotatable bonds is 2. The van der Waals surface area contributed by atoms with Crippen molar-refractivity contribution in [2.45, 2.75) is 6.54 Å². The van der Waals surface area contributed by atoms with Crippen LogP contribution < -0.4 is 0 Å². The Balaban J connectivity index is 2.79. The van der Waals surface area contributed by atoms with Gasteiger partial charge in [-0.3, -0.25) is 0 Å². The van der Waals surface area contributed by atoms with Crippen LogP contribution in [0.25, 0.3) is 0 Å². The summed E-state index contributed by atoms with van der Waals surface area (Å²) in [5.41, 5.74) is 1.17. The van der Waals surface area contributed by atoms with Crippen LogP contribution in [0.1, 0.15) is 5.56 Å². The lowest BCUT2D eigenvalue weighted by Gasteiger charge is -2.19. The summed E-state index contributed by atoms with van der Waals surface area (Å²) < 4.78 is 1.07. The molecule has 1 aromatic rings. The Morgan fingerprint density at radius 3 is 2.81 bits per heavy atom. The summed E-state index contributed by atoms with van der Waals surface area (Å²) in [7, 11) is 1.92. The van der Waals surface area contributed by atoms with Crippen LogP contribution in [0.4, 0.5) is 0 Å². The minimum absolute atomic E-state index is 0.721. The summed E-state index contributed by atoms with van der Waals surface area (Å²) in [5.74, 6) is 0. The highest BCUT2D eigenvalue weighted by Crippen LogP contribution is 2.18. The number of benzene rings is 1. The molecule has 0 spiro atoms. The van der Waals surface area contributed by atoms with Gasteiger partial charge in [-0.25, -0.2) is 0 Å². The van der Waals surface area contributed by atoms with Gasteiger partial charge in [0.2, 0.25) is 6.19 Å². The quantitative estimate of drug-likeness (QED) is 0.478. The Hall–Kier alpha value is -0.990. The van der Waals surface area contributed by atoms with Crippen molar-refractivity contribution in [1.82, 2.24) is 4.90 Å². The zero-order valence-electron chi connectivity index (χ0n) is 9.14. The normalized spacial score (nSPS) is 11.0. The van der Waals surface area contributed by atoms with Gasteiger partial charge < -0.3 is 4.90 Å². The summed E-state index contributed by atoms with van der Waals surface area (Å²) in [5, 5.41) is 9.27. The van der Waals surface area contributed by atoms with Crippen LogP contribution in [-0.2, 0) is 6.54 Å². The Bertz CT molecular complexity index is 425. The fourth-order valence-electron chi connectivity index (χ4n) is 1.28. The fraction of sp³-hybridized carbons (Fsp3) is 0.273. The van der Waals surface area contributed by atoms with E-state index in [0.717, 1.165) is 16.2 Å². The molecule has 0 saturated heterocycles. The molecule has 0 unspecified atom stereocenters. The lowest BCUT2D eigenvalue weighted by Crippen LogP contribution is -2.23. The Kier molecular flexibility index (Phi) is 5.36. The molecule has 0 fully saturated rings. The summed E-state index contributed by atoms with van der Waals surface area (Å²) in [4.78, 5) is 5.72. The highest BCUT2D eigenvalue weighted by molar-refractivity contribution is 9.10. The molecule has 0 aromatic heterocycles. The summed E-state index contributed by atoms with van der Waals surface area (Å²) in [6, 6.07) is 8.02. The molecule has 0 aliphatic carbocycles. The third-order valence-electron chi connectivity index (χ3n) is 2.02. The number of nitriles is 1. The molecular formula is C11H12BrN3S. The molecule has 0 N–H and O–H groups in total. The molecule has 16 heavy (non-hydrogen) atoms. The average Bonchev–Trinajstić information content (AvgIpc) is 2.29. The monoisotopic (exact) mass is 297 g/mol. The Labute approximate surface area is 108 Å². The van der Waals surface area contributed by atoms with Gasteiger partial charge in [-0.1, -0.05) is 45.9 Å². The van der Waals surface area contributed by atoms with E-state index in [0.29, 0.717) is 0 Å². The number of amidine groups is 1. The van der Waals surface area contributed by atoms with Crippen LogP contribution in [0.3, 0.4) is 0 Å². The van der Waals surface area contributed by atoms with Crippen molar-refractivity contribution in [2.75, 3.05) is 13.3 Å². The standard InChI is InChI=1S/C11H12BrN3S/c1-15(11(16-2)14-8-13)7-9-5-3-4-6-10(9)12/h3-6H,7H2,1-2H3. The summed E-state index contributed by atoms with van der Waals surface area (Å²) in [6.45, 7) is 0.725. The zero-order chi connectivity index (χ0) is 12.0. The van der Waals surface area contributed by atoms with E-state index in [2.05, 4.69) is 20.9 Å². The minimum Gasteiger partial charge on any atom is -0.349 e. The van der Waals surface area contributed by atoms with Crippen molar-refractivity contribution in [2.24, 2.45) is 4.99 Å². The van der Waals surface area contributed by atoms with Crippen LogP contribution in [0, 0.1) is 11.5 Å². The zero-order valence-corrected chi connectivity index (χ0v) is 11.5. The maximum atomic E-state index is 8.55. The number of halogens is 1. The minimum atomic E-state index is 0.721. The molecule has 0 saturated carbocycles. The second-order valence-electron chi connectivity index (χ2n) is 3.15. The topological polar surface area (TPSA) is 39.4 Å². The lowest BCUT2D eigenvalue weighted by atomic mass is 10.2. The van der Waals surface area contributed by atoms with E-state index in [1.807, 2.05) is 48.7 Å². The highest BCUT2D eigenvalue weighted by atomic mass is 79.9. The SMILES string of the molecule is CSC(=NC#N)N(C)Cc1ccccc1Br. The first-order valence-electron chi connectivity index (χ1n) is 4.64. The van der Waals surface area contributed by atoms with Gasteiger partial charge in [-0.15, -0.1) is 4.99 Å². The van der Waals surface area contributed by atoms with Crippen LogP contribution in [0.15, 0.2) is 33.7 Å². The number of hydrogen-bond donors (Lipinski definition) is 0. The number of nitrogens with zero attached hydrogens (tertiary/aromatic N) is 3. The second-order valence-corrected chi connectivity index (χ2v) is 4.77. The maximum Gasteiger partial charge on any atom is 0.208 e. The molecule has 0 aliphatic rings. The van der Waals surface area contributed by atoms with Crippen LogP contribution in [-0.4, -0.2) is 23.4 Å². The van der Waals surface area contributed by atoms with Crippen molar-refractivity contribution in [3.05, 3.63) is 34.3 Å². The molecule has 0 aliphatic heterocycles. The van der Waals surface area contributed by atoms with Gasteiger partial charge in [0.15, 0.2) is 5.17 Å². The van der Waals surface area contributed by atoms with Crippen LogP contribution in [0.2, 0.25) is 0 Å². The molecule has 1 aromatic carbocycles. The first kappa shape index (κ1) is 13.1. The molecule has 84 valence electrons. The molecule has 0 amide bonds. The van der Waals surface area contributed by atoms with Crippen molar-refractivity contribution < 1.29 is 0 Å². The van der Waals surface area contributed by atoms with Crippen LogP contribution in [0.5, 0.6) is 0 Å². The van der Waals surface area contributed by atoms with E-state index in [9.17, 15) is 0 Å². The van der Waals surface area contributed by atoms with Crippen LogP contribution >= 0.6 is 27.7 Å². The Morgan fingerprint density at radius 1 is 1.56 bits per heavy atom. The van der Waals surface area contributed by atoms with Crippen molar-refractivity contribution in [3.8, 4) is 6.19 Å². The smallest absolute Gasteiger partial charge is 0.208 e. The maximum absolute atomic E-state index is 8.55. The summed E-state index contributed by atoms with van der Waals surface area (Å²) in [6.07, 6.45) is 3.72. The second kappa shape index (κ2) is 6.56. The molecule has 3 nitrogen and oxygen atoms in total. The molecular weight excluding hydrogens is 286 g/mol. The summed E-state index contributed by atoms with van der Waals surface area (Å²) >= 11 is 4.96. The highest BCUT2D eigenvalue weighted by Gasteiger charge is 2.07. The third kappa shape index (κ3) is 3.54. The van der Waals surface area contributed by atoms with Gasteiger partial charge in [0.05, 0.1) is 0 Å². The lowest BCUT2D eigenvalue weighted by molar-refractivity contribution is 0.510. The molecule has 0 heterocycles. The first-order chi connectivity index (χ1) is 7.69. The molecule has 0 radical (unpaired) electrons. The van der Waals surface area contributed by atoms with Gasteiger partial charge in [0.25, 0.3) is 0 Å². The largest absolute Gasteiger partial charge is 0.349 e. The van der Waals surface area contributed by atoms with E-state index >= 15 is 0 Å². The molecule has 0 bridgehead atoms. The first-order valence-corrected chi connectivity index (χ1v) is 6.66. The van der Waals surface area contributed by atoms with E-state index in [-0.39, 0.29) is 0 Å². The van der Waals surface area contributed by atoms with E-state index < -0.39 is 0 Å². The van der Waals surface area contributed by atoms with Crippen molar-refractivity contribution in [3.63, 3.8) is 0 Å². The fourth-order valence-corrected chi connectivity index (χ4v) is 2.20. The van der Waals surface area contributed by atoms with E-state index in [1.165, 1.54) is 17.3 Å². The number of aliphatic imine (C=N–C) groups is 1. The van der Waals surface area contributed by atoms with Gasteiger partial charge in [0, 0.05) is 18.1 Å². The van der Waals surface area contributed by atoms with Gasteiger partial charge in [-0.2, -0.15) is 5.26 Å². The molecule has 1 rings (SSSR count). The molecule has 5 heteroatoms. The van der Waals surface area contributed by atoms with Gasteiger partial charge >= 0.3 is 0 Å². The third-order valence-corrected chi connectivity index (χ3v) is 3.56. The van der Waals surface area contributed by atoms with Gasteiger partial charge in [0.1, 0.15) is 0 Å². The molecule has 0 atom stereocenters. The predicted octanol–water partition coefficient (Wildman–Crippen LogP) is 3.08.